The third kappa shape index (κ3) is 2.43. The lowest BCUT2D eigenvalue weighted by Gasteiger charge is -2.28. The van der Waals surface area contributed by atoms with Gasteiger partial charge in [-0.2, -0.15) is 10.1 Å². The summed E-state index contributed by atoms with van der Waals surface area (Å²) in [4.78, 5) is 11.0. The molecule has 28 heavy (non-hydrogen) atoms. The van der Waals surface area contributed by atoms with E-state index in [1.807, 2.05) is 22.9 Å². The Balaban J connectivity index is 1.31. The average Bonchev–Trinajstić information content (AvgIpc) is 3.39. The molecule has 3 aromatic heterocycles. The van der Waals surface area contributed by atoms with Crippen LogP contribution in [0.15, 0.2) is 35.1 Å². The molecule has 0 unspecified atom stereocenters. The van der Waals surface area contributed by atoms with Crippen molar-refractivity contribution in [1.82, 2.24) is 34.8 Å². The highest BCUT2D eigenvalue weighted by atomic mass is 35.5. The normalized spacial score (nSPS) is 17.1. The number of fused-ring (bicyclic) bond motifs is 2. The fourth-order valence-electron chi connectivity index (χ4n) is 3.76. The van der Waals surface area contributed by atoms with Crippen molar-refractivity contribution in [3.63, 3.8) is 0 Å². The number of benzene rings is 1. The fourth-order valence-corrected chi connectivity index (χ4v) is 3.99. The molecule has 0 atom stereocenters. The molecule has 2 aliphatic rings. The molecule has 0 spiro atoms. The highest BCUT2D eigenvalue weighted by Crippen LogP contribution is 2.28. The molecule has 0 bridgehead atoms. The van der Waals surface area contributed by atoms with Crippen LogP contribution in [-0.2, 0) is 13.1 Å². The van der Waals surface area contributed by atoms with E-state index in [1.54, 1.807) is 6.20 Å². The third-order valence-corrected chi connectivity index (χ3v) is 5.77. The van der Waals surface area contributed by atoms with E-state index in [4.69, 9.17) is 16.1 Å². The van der Waals surface area contributed by atoms with Gasteiger partial charge >= 0.3 is 0 Å². The highest BCUT2D eigenvalue weighted by Gasteiger charge is 2.24. The number of nitrogens with one attached hydrogen (secondary N) is 1. The molecular formula is C18H17ClN8O. The molecule has 2 aliphatic heterocycles. The van der Waals surface area contributed by atoms with Gasteiger partial charge in [-0.25, -0.2) is 4.98 Å². The quantitative estimate of drug-likeness (QED) is 0.567. The van der Waals surface area contributed by atoms with Crippen LogP contribution < -0.4 is 10.2 Å². The summed E-state index contributed by atoms with van der Waals surface area (Å²) in [6.45, 7) is 3.99. The summed E-state index contributed by atoms with van der Waals surface area (Å²) >= 11 is 6.14. The molecule has 1 saturated heterocycles. The smallest absolute Gasteiger partial charge is 0.266 e. The Bertz CT molecular complexity index is 1170. The maximum Gasteiger partial charge on any atom is 0.266 e. The van der Waals surface area contributed by atoms with Crippen LogP contribution in [0.25, 0.3) is 22.4 Å². The summed E-state index contributed by atoms with van der Waals surface area (Å²) in [5.41, 5.74) is 1.97. The zero-order chi connectivity index (χ0) is 18.7. The first-order valence-electron chi connectivity index (χ1n) is 9.23. The topological polar surface area (TPSA) is 89.8 Å². The number of nitrogens with zero attached hydrogens (tertiary/aromatic N) is 7. The predicted molar refractivity (Wildman–Crippen MR) is 103 cm³/mol. The Morgan fingerprint density at radius 2 is 2.11 bits per heavy atom. The molecule has 5 heterocycles. The Kier molecular flexibility index (Phi) is 3.47. The van der Waals surface area contributed by atoms with E-state index in [-0.39, 0.29) is 0 Å². The Hall–Kier alpha value is -2.91. The van der Waals surface area contributed by atoms with Crippen molar-refractivity contribution < 1.29 is 4.52 Å². The van der Waals surface area contributed by atoms with Crippen molar-refractivity contribution in [2.24, 2.45) is 0 Å². The van der Waals surface area contributed by atoms with E-state index in [1.165, 1.54) is 0 Å². The van der Waals surface area contributed by atoms with E-state index in [0.717, 1.165) is 48.5 Å². The number of rotatable bonds is 3. The Morgan fingerprint density at radius 3 is 2.96 bits per heavy atom. The lowest BCUT2D eigenvalue weighted by Crippen LogP contribution is -2.43. The van der Waals surface area contributed by atoms with Gasteiger partial charge in [-0.15, -0.1) is 0 Å². The molecule has 0 aliphatic carbocycles. The van der Waals surface area contributed by atoms with E-state index in [2.05, 4.69) is 41.2 Å². The number of anilines is 1. The second kappa shape index (κ2) is 6.05. The third-order valence-electron chi connectivity index (χ3n) is 5.46. The molecule has 1 N–H and O–H groups in total. The Labute approximate surface area is 164 Å². The van der Waals surface area contributed by atoms with Crippen molar-refractivity contribution in [2.75, 3.05) is 24.5 Å². The van der Waals surface area contributed by atoms with Crippen LogP contribution in [0.2, 0.25) is 5.15 Å². The first-order valence-corrected chi connectivity index (χ1v) is 9.61. The van der Waals surface area contributed by atoms with Gasteiger partial charge < -0.3 is 19.3 Å². The first kappa shape index (κ1) is 16.1. The Morgan fingerprint density at radius 1 is 1.18 bits per heavy atom. The monoisotopic (exact) mass is 396 g/mol. The highest BCUT2D eigenvalue weighted by molar-refractivity contribution is 6.29. The van der Waals surface area contributed by atoms with Gasteiger partial charge in [0.1, 0.15) is 11.0 Å². The lowest BCUT2D eigenvalue weighted by molar-refractivity contribution is 0.326. The average molecular weight is 397 g/mol. The molecule has 6 rings (SSSR count). The molecule has 9 nitrogen and oxygen atoms in total. The van der Waals surface area contributed by atoms with Gasteiger partial charge in [-0.05, 0) is 17.3 Å². The van der Waals surface area contributed by atoms with Crippen molar-refractivity contribution >= 4 is 28.5 Å². The maximum atomic E-state index is 6.14. The van der Waals surface area contributed by atoms with Gasteiger partial charge in [0.05, 0.1) is 30.5 Å². The van der Waals surface area contributed by atoms with Crippen LogP contribution >= 0.6 is 11.6 Å². The second-order valence-electron chi connectivity index (χ2n) is 7.14. The summed E-state index contributed by atoms with van der Waals surface area (Å²) in [6, 6.07) is 6.51. The number of halogens is 1. The summed E-state index contributed by atoms with van der Waals surface area (Å²) in [6.07, 6.45) is 3.58. The van der Waals surface area contributed by atoms with E-state index >= 15 is 0 Å². The molecule has 10 heteroatoms. The molecule has 4 aromatic rings. The molecule has 142 valence electrons. The van der Waals surface area contributed by atoms with Gasteiger partial charge in [-0.1, -0.05) is 17.7 Å². The molecular weight excluding hydrogens is 380 g/mol. The van der Waals surface area contributed by atoms with Gasteiger partial charge in [0.2, 0.25) is 0 Å². The summed E-state index contributed by atoms with van der Waals surface area (Å²) in [5, 5.41) is 13.8. The van der Waals surface area contributed by atoms with Crippen LogP contribution in [0.3, 0.4) is 0 Å². The largest absolute Gasteiger partial charge is 0.332 e. The minimum Gasteiger partial charge on any atom is -0.332 e. The summed E-state index contributed by atoms with van der Waals surface area (Å²) in [7, 11) is 0. The van der Waals surface area contributed by atoms with Crippen LogP contribution in [0, 0.1) is 0 Å². The molecule has 0 saturated carbocycles. The van der Waals surface area contributed by atoms with Crippen molar-refractivity contribution in [1.29, 1.82) is 0 Å². The predicted octanol–water partition coefficient (Wildman–Crippen LogP) is 2.10. The van der Waals surface area contributed by atoms with E-state index < -0.39 is 0 Å². The summed E-state index contributed by atoms with van der Waals surface area (Å²) < 4.78 is 9.64. The molecule has 0 amide bonds. The summed E-state index contributed by atoms with van der Waals surface area (Å²) in [5.74, 6) is 1.97. The lowest BCUT2D eigenvalue weighted by atomic mass is 10.1. The van der Waals surface area contributed by atoms with Crippen LogP contribution in [0.1, 0.15) is 11.9 Å². The molecule has 1 aromatic carbocycles. The fraction of sp³-hybridized carbons (Fsp3) is 0.333. The molecule has 0 radical (unpaired) electrons. The van der Waals surface area contributed by atoms with Crippen molar-refractivity contribution in [2.45, 2.75) is 19.1 Å². The number of hydrogen-bond acceptors (Lipinski definition) is 7. The minimum atomic E-state index is 0.398. The zero-order valence-electron chi connectivity index (χ0n) is 14.9. The van der Waals surface area contributed by atoms with Crippen molar-refractivity contribution in [3.8, 4) is 11.5 Å². The van der Waals surface area contributed by atoms with E-state index in [0.29, 0.717) is 29.6 Å². The SMILES string of the molecule is Clc1cnc2n1CCN(c1noc(-c3ccc4cnn(C5CNC5)c4c3)n1)C2. The maximum absolute atomic E-state index is 6.14. The second-order valence-corrected chi connectivity index (χ2v) is 7.53. The van der Waals surface area contributed by atoms with Gasteiger partial charge in [-0.3, -0.25) is 4.68 Å². The number of hydrogen-bond donors (Lipinski definition) is 1. The van der Waals surface area contributed by atoms with Crippen LogP contribution in [0.4, 0.5) is 5.95 Å². The first-order chi connectivity index (χ1) is 13.8. The van der Waals surface area contributed by atoms with Crippen LogP contribution in [-0.4, -0.2) is 49.1 Å². The minimum absolute atomic E-state index is 0.398. The zero-order valence-corrected chi connectivity index (χ0v) is 15.7. The van der Waals surface area contributed by atoms with Gasteiger partial charge in [0.15, 0.2) is 0 Å². The molecule has 1 fully saturated rings. The number of aromatic nitrogens is 6. The van der Waals surface area contributed by atoms with Crippen molar-refractivity contribution in [3.05, 3.63) is 41.6 Å². The number of imidazole rings is 1. The standard InChI is InChI=1S/C18H17ClN8O/c19-15-9-21-16-10-25(3-4-26(15)16)18-23-17(28-24-18)11-1-2-12-6-22-27(14(12)5-11)13-7-20-8-13/h1-2,5-6,9,13,20H,3-4,7-8,10H2. The van der Waals surface area contributed by atoms with E-state index in [9.17, 15) is 0 Å². The van der Waals surface area contributed by atoms with Gasteiger partial charge in [0, 0.05) is 37.1 Å². The van der Waals surface area contributed by atoms with Gasteiger partial charge in [0.25, 0.3) is 11.8 Å². The van der Waals surface area contributed by atoms with Crippen LogP contribution in [0.5, 0.6) is 0 Å².